The van der Waals surface area contributed by atoms with Crippen LogP contribution in [0.5, 0.6) is 0 Å². The molecule has 0 aromatic heterocycles. The molecule has 2 aromatic rings. The number of halogens is 1. The number of esters is 1. The molecule has 0 atom stereocenters. The van der Waals surface area contributed by atoms with Crippen molar-refractivity contribution in [1.82, 2.24) is 0 Å². The Bertz CT molecular complexity index is 912. The fourth-order valence-corrected chi connectivity index (χ4v) is 3.49. The lowest BCUT2D eigenvalue weighted by Crippen LogP contribution is -2.18. The molecule has 1 amide bonds. The minimum atomic E-state index is -4.07. The predicted molar refractivity (Wildman–Crippen MR) is 88.6 cm³/mol. The Labute approximate surface area is 143 Å². The Hall–Kier alpha value is -2.58. The van der Waals surface area contributed by atoms with Crippen LogP contribution in [0.15, 0.2) is 47.4 Å². The van der Waals surface area contributed by atoms with Crippen molar-refractivity contribution >= 4 is 39.2 Å². The highest BCUT2D eigenvalue weighted by molar-refractivity contribution is 7.92. The molecule has 0 radical (unpaired) electrons. The van der Waals surface area contributed by atoms with Gasteiger partial charge in [-0.05, 0) is 30.3 Å². The van der Waals surface area contributed by atoms with E-state index in [0.29, 0.717) is 0 Å². The second-order valence-corrected chi connectivity index (χ2v) is 6.71. The first-order valence-corrected chi connectivity index (χ1v) is 8.42. The third-order valence-corrected chi connectivity index (χ3v) is 4.82. The topological polar surface area (TPSA) is 116 Å². The summed E-state index contributed by atoms with van der Waals surface area (Å²) in [6.45, 7) is 0. The molecule has 0 fully saturated rings. The Kier molecular flexibility index (Phi) is 5.10. The van der Waals surface area contributed by atoms with E-state index >= 15 is 0 Å². The van der Waals surface area contributed by atoms with Crippen LogP contribution in [0.4, 0.5) is 5.69 Å². The first kappa shape index (κ1) is 17.8. The van der Waals surface area contributed by atoms with Crippen LogP contribution in [0.1, 0.15) is 20.7 Å². The second-order valence-electron chi connectivity index (χ2n) is 4.65. The SMILES string of the molecule is COC(=O)c1ccccc1S(=O)(=O)Nc1ccc(C(N)=O)c(Cl)c1. The van der Waals surface area contributed by atoms with Gasteiger partial charge in [-0.25, -0.2) is 13.2 Å². The van der Waals surface area contributed by atoms with Gasteiger partial charge in [0.15, 0.2) is 0 Å². The Morgan fingerprint density at radius 1 is 1.12 bits per heavy atom. The standard InChI is InChI=1S/C15H13ClN2O5S/c1-23-15(20)11-4-2-3-5-13(11)24(21,22)18-9-6-7-10(14(17)19)12(16)8-9/h2-8,18H,1H3,(H2,17,19). The van der Waals surface area contributed by atoms with Crippen LogP contribution >= 0.6 is 11.6 Å². The molecule has 7 nitrogen and oxygen atoms in total. The van der Waals surface area contributed by atoms with Crippen molar-refractivity contribution in [2.75, 3.05) is 11.8 Å². The van der Waals surface area contributed by atoms with Crippen molar-refractivity contribution in [2.45, 2.75) is 4.90 Å². The Balaban J connectivity index is 2.41. The summed E-state index contributed by atoms with van der Waals surface area (Å²) < 4.78 is 31.9. The number of anilines is 1. The van der Waals surface area contributed by atoms with Crippen LogP contribution in [-0.4, -0.2) is 27.4 Å². The molecular weight excluding hydrogens is 356 g/mol. The average Bonchev–Trinajstić information content (AvgIpc) is 2.53. The van der Waals surface area contributed by atoms with Gasteiger partial charge < -0.3 is 10.5 Å². The summed E-state index contributed by atoms with van der Waals surface area (Å²) in [7, 11) is -2.92. The van der Waals surface area contributed by atoms with Crippen LogP contribution in [0.25, 0.3) is 0 Å². The lowest BCUT2D eigenvalue weighted by Gasteiger charge is -2.12. The van der Waals surface area contributed by atoms with Gasteiger partial charge in [-0.2, -0.15) is 0 Å². The minimum absolute atomic E-state index is 0.00366. The first-order valence-electron chi connectivity index (χ1n) is 6.56. The minimum Gasteiger partial charge on any atom is -0.465 e. The lowest BCUT2D eigenvalue weighted by atomic mass is 10.2. The van der Waals surface area contributed by atoms with Gasteiger partial charge in [-0.1, -0.05) is 23.7 Å². The highest BCUT2D eigenvalue weighted by Crippen LogP contribution is 2.24. The number of ether oxygens (including phenoxy) is 1. The third-order valence-electron chi connectivity index (χ3n) is 3.07. The summed E-state index contributed by atoms with van der Waals surface area (Å²) in [5.74, 6) is -1.51. The molecular formula is C15H13ClN2O5S. The van der Waals surface area contributed by atoms with Crippen LogP contribution in [0.3, 0.4) is 0 Å². The van der Waals surface area contributed by atoms with E-state index in [4.69, 9.17) is 17.3 Å². The molecule has 0 saturated carbocycles. The maximum absolute atomic E-state index is 12.5. The number of nitrogens with two attached hydrogens (primary N) is 1. The quantitative estimate of drug-likeness (QED) is 0.783. The van der Waals surface area contributed by atoms with Crippen LogP contribution < -0.4 is 10.5 Å². The summed E-state index contributed by atoms with van der Waals surface area (Å²) in [4.78, 5) is 22.6. The summed E-state index contributed by atoms with van der Waals surface area (Å²) >= 11 is 5.89. The van der Waals surface area contributed by atoms with E-state index in [1.54, 1.807) is 0 Å². The molecule has 0 heterocycles. The molecule has 0 bridgehead atoms. The van der Waals surface area contributed by atoms with Gasteiger partial charge in [0.2, 0.25) is 5.91 Å². The van der Waals surface area contributed by atoms with Crippen molar-refractivity contribution < 1.29 is 22.7 Å². The Morgan fingerprint density at radius 2 is 1.79 bits per heavy atom. The number of amides is 1. The monoisotopic (exact) mass is 368 g/mol. The summed E-state index contributed by atoms with van der Waals surface area (Å²) in [5, 5.41) is 0.00366. The van der Waals surface area contributed by atoms with E-state index in [-0.39, 0.29) is 26.7 Å². The van der Waals surface area contributed by atoms with Gasteiger partial charge in [0, 0.05) is 0 Å². The summed E-state index contributed by atoms with van der Waals surface area (Å²) in [6, 6.07) is 9.49. The molecule has 0 aliphatic rings. The smallest absolute Gasteiger partial charge is 0.339 e. The molecule has 3 N–H and O–H groups in total. The zero-order valence-electron chi connectivity index (χ0n) is 12.4. The summed E-state index contributed by atoms with van der Waals surface area (Å²) in [6.07, 6.45) is 0. The number of sulfonamides is 1. The first-order chi connectivity index (χ1) is 11.3. The van der Waals surface area contributed by atoms with Gasteiger partial charge in [0.25, 0.3) is 10.0 Å². The molecule has 2 aromatic carbocycles. The van der Waals surface area contributed by atoms with Crippen molar-refractivity contribution in [2.24, 2.45) is 5.73 Å². The van der Waals surface area contributed by atoms with Crippen LogP contribution in [0.2, 0.25) is 5.02 Å². The zero-order valence-corrected chi connectivity index (χ0v) is 14.0. The largest absolute Gasteiger partial charge is 0.465 e. The fourth-order valence-electron chi connectivity index (χ4n) is 1.97. The zero-order chi connectivity index (χ0) is 17.9. The molecule has 0 aliphatic heterocycles. The lowest BCUT2D eigenvalue weighted by molar-refractivity contribution is 0.0596. The molecule has 0 unspecified atom stereocenters. The molecule has 0 saturated heterocycles. The fraction of sp³-hybridized carbons (Fsp3) is 0.0667. The van der Waals surface area contributed by atoms with Crippen molar-refractivity contribution in [1.29, 1.82) is 0 Å². The van der Waals surface area contributed by atoms with Crippen LogP contribution in [0, 0.1) is 0 Å². The number of hydrogen-bond donors (Lipinski definition) is 2. The highest BCUT2D eigenvalue weighted by atomic mass is 35.5. The number of benzene rings is 2. The third kappa shape index (κ3) is 3.66. The van der Waals surface area contributed by atoms with Crippen molar-refractivity contribution in [3.8, 4) is 0 Å². The van der Waals surface area contributed by atoms with Gasteiger partial charge in [0.1, 0.15) is 4.90 Å². The van der Waals surface area contributed by atoms with Crippen molar-refractivity contribution in [3.05, 3.63) is 58.6 Å². The number of carbonyl (C=O) groups excluding carboxylic acids is 2. The predicted octanol–water partition coefficient (Wildman–Crippen LogP) is 2.03. The molecule has 24 heavy (non-hydrogen) atoms. The van der Waals surface area contributed by atoms with Gasteiger partial charge >= 0.3 is 5.97 Å². The van der Waals surface area contributed by atoms with Crippen LogP contribution in [-0.2, 0) is 14.8 Å². The second kappa shape index (κ2) is 6.90. The van der Waals surface area contributed by atoms with E-state index in [1.165, 1.54) is 42.5 Å². The average molecular weight is 369 g/mol. The Morgan fingerprint density at radius 3 is 2.38 bits per heavy atom. The van der Waals surface area contributed by atoms with E-state index in [0.717, 1.165) is 7.11 Å². The number of primary amides is 1. The van der Waals surface area contributed by atoms with Gasteiger partial charge in [-0.3, -0.25) is 9.52 Å². The van der Waals surface area contributed by atoms with Crippen molar-refractivity contribution in [3.63, 3.8) is 0 Å². The normalized spacial score (nSPS) is 10.9. The molecule has 2 rings (SSSR count). The number of carbonyl (C=O) groups is 2. The van der Waals surface area contributed by atoms with E-state index < -0.39 is 21.9 Å². The number of hydrogen-bond acceptors (Lipinski definition) is 5. The van der Waals surface area contributed by atoms with E-state index in [1.807, 2.05) is 0 Å². The summed E-state index contributed by atoms with van der Waals surface area (Å²) in [5.41, 5.74) is 5.21. The van der Waals surface area contributed by atoms with E-state index in [2.05, 4.69) is 9.46 Å². The number of nitrogens with one attached hydrogen (secondary N) is 1. The van der Waals surface area contributed by atoms with Gasteiger partial charge in [-0.15, -0.1) is 0 Å². The highest BCUT2D eigenvalue weighted by Gasteiger charge is 2.23. The molecule has 0 spiro atoms. The maximum atomic E-state index is 12.5. The van der Waals surface area contributed by atoms with Gasteiger partial charge in [0.05, 0.1) is 28.9 Å². The van der Waals surface area contributed by atoms with E-state index in [9.17, 15) is 18.0 Å². The maximum Gasteiger partial charge on any atom is 0.339 e. The number of rotatable bonds is 5. The molecule has 126 valence electrons. The molecule has 9 heteroatoms. The molecule has 0 aliphatic carbocycles. The number of methoxy groups -OCH3 is 1.